The minimum atomic E-state index is -0.949. The standard InChI is InChI=1S/C20H22N2O7/c1-2-28-9-8-21-17(25)11-29-16-5-3-4-13-18(16)20(27)22(19(13)26)14-7-6-12(23)10-15(14)24/h3-5,14H,2,6-11H2,1H3,(H,21,25). The Morgan fingerprint density at radius 1 is 1.21 bits per heavy atom. The molecule has 0 aromatic heterocycles. The zero-order valence-electron chi connectivity index (χ0n) is 16.1. The first-order valence-electron chi connectivity index (χ1n) is 9.46. The second-order valence-electron chi connectivity index (χ2n) is 6.73. The van der Waals surface area contributed by atoms with Crippen LogP contribution in [0.25, 0.3) is 0 Å². The van der Waals surface area contributed by atoms with Crippen LogP contribution in [0.4, 0.5) is 0 Å². The Morgan fingerprint density at radius 3 is 2.72 bits per heavy atom. The van der Waals surface area contributed by atoms with E-state index in [1.165, 1.54) is 12.1 Å². The molecule has 1 atom stereocenters. The van der Waals surface area contributed by atoms with Crippen molar-refractivity contribution in [2.45, 2.75) is 32.2 Å². The van der Waals surface area contributed by atoms with Gasteiger partial charge in [-0.3, -0.25) is 28.9 Å². The van der Waals surface area contributed by atoms with Crippen molar-refractivity contribution in [3.05, 3.63) is 29.3 Å². The molecule has 1 aromatic carbocycles. The number of carbonyl (C=O) groups is 5. The molecule has 154 valence electrons. The zero-order chi connectivity index (χ0) is 21.0. The lowest BCUT2D eigenvalue weighted by molar-refractivity contribution is -0.132. The van der Waals surface area contributed by atoms with Gasteiger partial charge in [0.25, 0.3) is 17.7 Å². The molecule has 0 bridgehead atoms. The van der Waals surface area contributed by atoms with E-state index in [9.17, 15) is 24.0 Å². The molecule has 29 heavy (non-hydrogen) atoms. The number of nitrogens with one attached hydrogen (secondary N) is 1. The van der Waals surface area contributed by atoms with Crippen LogP contribution in [-0.2, 0) is 19.1 Å². The number of rotatable bonds is 8. The molecule has 0 radical (unpaired) electrons. The highest BCUT2D eigenvalue weighted by atomic mass is 16.5. The summed E-state index contributed by atoms with van der Waals surface area (Å²) in [4.78, 5) is 62.1. The summed E-state index contributed by atoms with van der Waals surface area (Å²) in [5.41, 5.74) is 0.151. The number of carbonyl (C=O) groups excluding carboxylic acids is 5. The predicted octanol–water partition coefficient (Wildman–Crippen LogP) is 0.505. The highest BCUT2D eigenvalue weighted by molar-refractivity contribution is 6.24. The van der Waals surface area contributed by atoms with E-state index < -0.39 is 29.5 Å². The Labute approximate surface area is 167 Å². The first kappa shape index (κ1) is 20.7. The summed E-state index contributed by atoms with van der Waals surface area (Å²) in [6.07, 6.45) is -0.00000566. The lowest BCUT2D eigenvalue weighted by atomic mass is 9.92. The highest BCUT2D eigenvalue weighted by Gasteiger charge is 2.45. The van der Waals surface area contributed by atoms with Gasteiger partial charge in [-0.25, -0.2) is 0 Å². The van der Waals surface area contributed by atoms with E-state index in [1.807, 2.05) is 6.92 Å². The van der Waals surface area contributed by atoms with E-state index in [0.29, 0.717) is 19.8 Å². The molecule has 3 amide bonds. The van der Waals surface area contributed by atoms with Crippen molar-refractivity contribution in [2.24, 2.45) is 0 Å². The molecule has 1 heterocycles. The molecule has 1 unspecified atom stereocenters. The van der Waals surface area contributed by atoms with E-state index in [-0.39, 0.29) is 48.5 Å². The Bertz CT molecular complexity index is 864. The Kier molecular flexibility index (Phi) is 6.38. The maximum absolute atomic E-state index is 12.9. The van der Waals surface area contributed by atoms with Gasteiger partial charge in [0.2, 0.25) is 0 Å². The smallest absolute Gasteiger partial charge is 0.266 e. The second kappa shape index (κ2) is 8.95. The summed E-state index contributed by atoms with van der Waals surface area (Å²) in [6, 6.07) is 3.56. The Hall–Kier alpha value is -3.07. The van der Waals surface area contributed by atoms with Crippen LogP contribution in [0.15, 0.2) is 18.2 Å². The third kappa shape index (κ3) is 4.34. The van der Waals surface area contributed by atoms with Crippen LogP contribution in [0, 0.1) is 0 Å². The van der Waals surface area contributed by atoms with Gasteiger partial charge < -0.3 is 14.8 Å². The summed E-state index contributed by atoms with van der Waals surface area (Å²) in [6.45, 7) is 2.77. The minimum Gasteiger partial charge on any atom is -0.483 e. The minimum absolute atomic E-state index is 0.0318. The van der Waals surface area contributed by atoms with Crippen LogP contribution >= 0.6 is 0 Å². The largest absolute Gasteiger partial charge is 0.483 e. The number of amides is 3. The first-order chi connectivity index (χ1) is 13.9. The third-order valence-corrected chi connectivity index (χ3v) is 4.79. The SMILES string of the molecule is CCOCCNC(=O)COc1cccc2c1C(=O)N(C1CCC(=O)CC1=O)C2=O. The molecule has 1 aliphatic carbocycles. The van der Waals surface area contributed by atoms with Crippen LogP contribution in [0.5, 0.6) is 5.75 Å². The Balaban J connectivity index is 1.71. The van der Waals surface area contributed by atoms with Gasteiger partial charge in [0.15, 0.2) is 12.4 Å². The van der Waals surface area contributed by atoms with E-state index >= 15 is 0 Å². The molecule has 9 heteroatoms. The molecule has 1 saturated carbocycles. The van der Waals surface area contributed by atoms with Gasteiger partial charge in [-0.1, -0.05) is 6.07 Å². The quantitative estimate of drug-likeness (QED) is 0.382. The molecule has 1 N–H and O–H groups in total. The van der Waals surface area contributed by atoms with Crippen molar-refractivity contribution in [3.63, 3.8) is 0 Å². The number of hydrogen-bond acceptors (Lipinski definition) is 7. The van der Waals surface area contributed by atoms with E-state index in [2.05, 4.69) is 5.32 Å². The van der Waals surface area contributed by atoms with Crippen molar-refractivity contribution < 1.29 is 33.4 Å². The van der Waals surface area contributed by atoms with E-state index in [4.69, 9.17) is 9.47 Å². The van der Waals surface area contributed by atoms with Gasteiger partial charge in [0.05, 0.1) is 30.2 Å². The van der Waals surface area contributed by atoms with Gasteiger partial charge in [0, 0.05) is 19.6 Å². The van der Waals surface area contributed by atoms with Crippen molar-refractivity contribution >= 4 is 29.3 Å². The molecule has 9 nitrogen and oxygen atoms in total. The lowest BCUT2D eigenvalue weighted by Crippen LogP contribution is -2.47. The number of fused-ring (bicyclic) bond motifs is 1. The maximum atomic E-state index is 12.9. The number of nitrogens with zero attached hydrogens (tertiary/aromatic N) is 1. The fourth-order valence-corrected chi connectivity index (χ4v) is 3.41. The summed E-state index contributed by atoms with van der Waals surface area (Å²) in [5.74, 6) is -2.16. The summed E-state index contributed by atoms with van der Waals surface area (Å²) >= 11 is 0. The number of imide groups is 1. The monoisotopic (exact) mass is 402 g/mol. The van der Waals surface area contributed by atoms with Gasteiger partial charge in [-0.2, -0.15) is 0 Å². The van der Waals surface area contributed by atoms with Crippen LogP contribution in [0.1, 0.15) is 46.9 Å². The van der Waals surface area contributed by atoms with E-state index in [0.717, 1.165) is 4.90 Å². The third-order valence-electron chi connectivity index (χ3n) is 4.79. The average Bonchev–Trinajstić information content (AvgIpc) is 2.95. The normalized spacial score (nSPS) is 18.8. The topological polar surface area (TPSA) is 119 Å². The van der Waals surface area contributed by atoms with Crippen LogP contribution in [-0.4, -0.2) is 66.6 Å². The van der Waals surface area contributed by atoms with E-state index in [1.54, 1.807) is 6.07 Å². The molecule has 1 aliphatic heterocycles. The fourth-order valence-electron chi connectivity index (χ4n) is 3.41. The van der Waals surface area contributed by atoms with Gasteiger partial charge in [-0.15, -0.1) is 0 Å². The average molecular weight is 402 g/mol. The second-order valence-corrected chi connectivity index (χ2v) is 6.73. The summed E-state index contributed by atoms with van der Waals surface area (Å²) in [5, 5.41) is 2.62. The van der Waals surface area contributed by atoms with Crippen molar-refractivity contribution in [2.75, 3.05) is 26.4 Å². The molecule has 3 rings (SSSR count). The van der Waals surface area contributed by atoms with Crippen molar-refractivity contribution in [1.29, 1.82) is 0 Å². The molecule has 2 aliphatic rings. The maximum Gasteiger partial charge on any atom is 0.266 e. The molecule has 0 saturated heterocycles. The Morgan fingerprint density at radius 2 is 2.00 bits per heavy atom. The van der Waals surface area contributed by atoms with Crippen molar-refractivity contribution in [3.8, 4) is 5.75 Å². The number of Topliss-reactive ketones (excluding diaryl/α,β-unsaturated/α-hetero) is 2. The van der Waals surface area contributed by atoms with Crippen LogP contribution < -0.4 is 10.1 Å². The zero-order valence-corrected chi connectivity index (χ0v) is 16.1. The van der Waals surface area contributed by atoms with Gasteiger partial charge in [0.1, 0.15) is 11.5 Å². The van der Waals surface area contributed by atoms with Crippen LogP contribution in [0.2, 0.25) is 0 Å². The summed E-state index contributed by atoms with van der Waals surface area (Å²) in [7, 11) is 0. The fraction of sp³-hybridized carbons (Fsp3) is 0.450. The summed E-state index contributed by atoms with van der Waals surface area (Å²) < 4.78 is 10.6. The number of ether oxygens (including phenoxy) is 2. The predicted molar refractivity (Wildman–Crippen MR) is 99.6 cm³/mol. The molecular formula is C20H22N2O7. The van der Waals surface area contributed by atoms with Gasteiger partial charge in [-0.05, 0) is 25.5 Å². The first-order valence-corrected chi connectivity index (χ1v) is 9.46. The molecular weight excluding hydrogens is 380 g/mol. The molecule has 1 fully saturated rings. The van der Waals surface area contributed by atoms with Crippen LogP contribution in [0.3, 0.4) is 0 Å². The number of benzene rings is 1. The molecule has 0 spiro atoms. The molecule has 1 aromatic rings. The highest BCUT2D eigenvalue weighted by Crippen LogP contribution is 2.34. The van der Waals surface area contributed by atoms with Crippen molar-refractivity contribution in [1.82, 2.24) is 10.2 Å². The number of ketones is 2. The number of hydrogen-bond donors (Lipinski definition) is 1. The van der Waals surface area contributed by atoms with Gasteiger partial charge >= 0.3 is 0 Å². The lowest BCUT2D eigenvalue weighted by Gasteiger charge is -2.27.